The van der Waals surface area contributed by atoms with Crippen molar-refractivity contribution in [2.75, 3.05) is 37.5 Å². The molecule has 1 fully saturated rings. The molecule has 0 radical (unpaired) electrons. The van der Waals surface area contributed by atoms with Gasteiger partial charge in [-0.25, -0.2) is 0 Å². The largest absolute Gasteiger partial charge is 0.493 e. The molecular weight excluding hydrogens is 352 g/mol. The van der Waals surface area contributed by atoms with Crippen LogP contribution >= 0.6 is 0 Å². The second-order valence-corrected chi connectivity index (χ2v) is 7.48. The first-order valence-corrected chi connectivity index (χ1v) is 9.95. The Balaban J connectivity index is 1.52. The van der Waals surface area contributed by atoms with Crippen molar-refractivity contribution in [3.8, 4) is 11.5 Å². The molecule has 1 atom stereocenters. The van der Waals surface area contributed by atoms with Gasteiger partial charge in [0.2, 0.25) is 5.91 Å². The number of ether oxygens (including phenoxy) is 2. The van der Waals surface area contributed by atoms with Crippen LogP contribution in [0, 0.1) is 5.92 Å². The number of rotatable bonds is 7. The van der Waals surface area contributed by atoms with Gasteiger partial charge in [-0.3, -0.25) is 4.79 Å². The minimum absolute atomic E-state index is 0.00845. The lowest BCUT2D eigenvalue weighted by Crippen LogP contribution is -2.34. The molecular formula is C23H30N2O3. The first-order valence-electron chi connectivity index (χ1n) is 9.95. The Labute approximate surface area is 167 Å². The standard InChI is InChI=1S/C23H30N2O3/c1-17-5-4-14-25(16-17)20-10-8-19(9-11-20)24-23(26)13-7-18-6-12-21(27-2)22(15-18)28-3/h6,8-12,15,17H,4-5,7,13-14,16H2,1-3H3,(H,24,26). The average molecular weight is 383 g/mol. The zero-order valence-corrected chi connectivity index (χ0v) is 17.0. The van der Waals surface area contributed by atoms with Crippen LogP contribution in [-0.2, 0) is 11.2 Å². The summed E-state index contributed by atoms with van der Waals surface area (Å²) in [5, 5.41) is 2.99. The highest BCUT2D eigenvalue weighted by Crippen LogP contribution is 2.28. The van der Waals surface area contributed by atoms with Crippen LogP contribution in [0.2, 0.25) is 0 Å². The van der Waals surface area contributed by atoms with Gasteiger partial charge in [-0.1, -0.05) is 13.0 Å². The van der Waals surface area contributed by atoms with Gasteiger partial charge in [0, 0.05) is 30.9 Å². The Hall–Kier alpha value is -2.69. The lowest BCUT2D eigenvalue weighted by atomic mass is 10.00. The summed E-state index contributed by atoms with van der Waals surface area (Å²) in [6.45, 7) is 4.53. The second-order valence-electron chi connectivity index (χ2n) is 7.48. The summed E-state index contributed by atoms with van der Waals surface area (Å²) in [5.41, 5.74) is 3.11. The predicted molar refractivity (Wildman–Crippen MR) is 114 cm³/mol. The third-order valence-electron chi connectivity index (χ3n) is 5.26. The van der Waals surface area contributed by atoms with Crippen LogP contribution in [-0.4, -0.2) is 33.2 Å². The summed E-state index contributed by atoms with van der Waals surface area (Å²) < 4.78 is 10.6. The zero-order chi connectivity index (χ0) is 19.9. The molecule has 0 spiro atoms. The molecule has 2 aromatic carbocycles. The van der Waals surface area contributed by atoms with Crippen molar-refractivity contribution in [3.05, 3.63) is 48.0 Å². The molecule has 3 rings (SSSR count). The SMILES string of the molecule is COc1ccc(CCC(=O)Nc2ccc(N3CCCC(C)C3)cc2)cc1OC. The summed E-state index contributed by atoms with van der Waals surface area (Å²) in [6, 6.07) is 13.9. The Morgan fingerprint density at radius 1 is 1.11 bits per heavy atom. The number of methoxy groups -OCH3 is 2. The van der Waals surface area contributed by atoms with E-state index in [9.17, 15) is 4.79 Å². The molecule has 0 aromatic heterocycles. The topological polar surface area (TPSA) is 50.8 Å². The normalized spacial score (nSPS) is 16.5. The van der Waals surface area contributed by atoms with Gasteiger partial charge in [0.25, 0.3) is 0 Å². The lowest BCUT2D eigenvalue weighted by molar-refractivity contribution is -0.116. The number of anilines is 2. The third-order valence-corrected chi connectivity index (χ3v) is 5.26. The molecule has 28 heavy (non-hydrogen) atoms. The van der Waals surface area contributed by atoms with Crippen LogP contribution in [0.5, 0.6) is 11.5 Å². The summed E-state index contributed by atoms with van der Waals surface area (Å²) in [6.07, 6.45) is 3.62. The third kappa shape index (κ3) is 5.18. The molecule has 1 unspecified atom stereocenters. The molecule has 1 aliphatic heterocycles. The highest BCUT2D eigenvalue weighted by Gasteiger charge is 2.16. The van der Waals surface area contributed by atoms with E-state index in [0.29, 0.717) is 24.3 Å². The van der Waals surface area contributed by atoms with E-state index >= 15 is 0 Å². The number of hydrogen-bond acceptors (Lipinski definition) is 4. The molecule has 150 valence electrons. The highest BCUT2D eigenvalue weighted by atomic mass is 16.5. The minimum Gasteiger partial charge on any atom is -0.493 e. The number of carbonyl (C=O) groups is 1. The number of benzene rings is 2. The van der Waals surface area contributed by atoms with E-state index in [1.54, 1.807) is 14.2 Å². The maximum Gasteiger partial charge on any atom is 0.224 e. The maximum atomic E-state index is 12.3. The fourth-order valence-electron chi connectivity index (χ4n) is 3.70. The van der Waals surface area contributed by atoms with Crippen LogP contribution in [0.15, 0.2) is 42.5 Å². The molecule has 1 aliphatic rings. The first kappa shape index (κ1) is 20.1. The number of nitrogens with zero attached hydrogens (tertiary/aromatic N) is 1. The molecule has 2 aromatic rings. The van der Waals surface area contributed by atoms with Crippen LogP contribution in [0.25, 0.3) is 0 Å². The van der Waals surface area contributed by atoms with E-state index in [1.165, 1.54) is 18.5 Å². The van der Waals surface area contributed by atoms with Crippen LogP contribution < -0.4 is 19.7 Å². The highest BCUT2D eigenvalue weighted by molar-refractivity contribution is 5.91. The predicted octanol–water partition coefficient (Wildman–Crippen LogP) is 4.51. The molecule has 5 heteroatoms. The Morgan fingerprint density at radius 3 is 2.54 bits per heavy atom. The summed E-state index contributed by atoms with van der Waals surface area (Å²) in [5.74, 6) is 2.13. The Kier molecular flexibility index (Phi) is 6.80. The van der Waals surface area contributed by atoms with E-state index in [2.05, 4.69) is 29.3 Å². The number of amides is 1. The van der Waals surface area contributed by atoms with Gasteiger partial charge in [-0.15, -0.1) is 0 Å². The summed E-state index contributed by atoms with van der Waals surface area (Å²) in [4.78, 5) is 14.7. The molecule has 5 nitrogen and oxygen atoms in total. The van der Waals surface area contributed by atoms with E-state index in [1.807, 2.05) is 30.3 Å². The number of carbonyl (C=O) groups excluding carboxylic acids is 1. The van der Waals surface area contributed by atoms with Gasteiger partial charge in [-0.05, 0) is 67.1 Å². The number of aryl methyl sites for hydroxylation is 1. The molecule has 1 heterocycles. The van der Waals surface area contributed by atoms with Crippen molar-refractivity contribution in [1.29, 1.82) is 0 Å². The second kappa shape index (κ2) is 9.49. The number of nitrogens with one attached hydrogen (secondary N) is 1. The molecule has 1 amide bonds. The van der Waals surface area contributed by atoms with Gasteiger partial charge in [0.1, 0.15) is 0 Å². The Bertz CT molecular complexity index is 789. The Morgan fingerprint density at radius 2 is 1.86 bits per heavy atom. The lowest BCUT2D eigenvalue weighted by Gasteiger charge is -2.32. The molecule has 0 bridgehead atoms. The smallest absolute Gasteiger partial charge is 0.224 e. The molecule has 1 saturated heterocycles. The van der Waals surface area contributed by atoms with E-state index < -0.39 is 0 Å². The number of piperidine rings is 1. The van der Waals surface area contributed by atoms with E-state index in [4.69, 9.17) is 9.47 Å². The van der Waals surface area contributed by atoms with Crippen molar-refractivity contribution in [2.45, 2.75) is 32.6 Å². The van der Waals surface area contributed by atoms with Crippen molar-refractivity contribution in [3.63, 3.8) is 0 Å². The van der Waals surface area contributed by atoms with Crippen molar-refractivity contribution in [1.82, 2.24) is 0 Å². The van der Waals surface area contributed by atoms with E-state index in [-0.39, 0.29) is 5.91 Å². The van der Waals surface area contributed by atoms with Crippen molar-refractivity contribution < 1.29 is 14.3 Å². The average Bonchev–Trinajstić information content (AvgIpc) is 2.72. The summed E-state index contributed by atoms with van der Waals surface area (Å²) in [7, 11) is 3.23. The molecule has 1 N–H and O–H groups in total. The zero-order valence-electron chi connectivity index (χ0n) is 17.0. The summed E-state index contributed by atoms with van der Waals surface area (Å²) >= 11 is 0. The monoisotopic (exact) mass is 382 g/mol. The van der Waals surface area contributed by atoms with Crippen molar-refractivity contribution >= 4 is 17.3 Å². The van der Waals surface area contributed by atoms with Crippen molar-refractivity contribution in [2.24, 2.45) is 5.92 Å². The first-order chi connectivity index (χ1) is 13.6. The molecule has 0 aliphatic carbocycles. The van der Waals surface area contributed by atoms with Gasteiger partial charge in [0.05, 0.1) is 14.2 Å². The van der Waals surface area contributed by atoms with E-state index in [0.717, 1.165) is 30.3 Å². The fourth-order valence-corrected chi connectivity index (χ4v) is 3.70. The quantitative estimate of drug-likeness (QED) is 0.765. The van der Waals surface area contributed by atoms with Gasteiger partial charge in [0.15, 0.2) is 11.5 Å². The fraction of sp³-hybridized carbons (Fsp3) is 0.435. The van der Waals surface area contributed by atoms with Crippen LogP contribution in [0.4, 0.5) is 11.4 Å². The maximum absolute atomic E-state index is 12.3. The molecule has 0 saturated carbocycles. The van der Waals surface area contributed by atoms with Gasteiger partial charge in [-0.2, -0.15) is 0 Å². The van der Waals surface area contributed by atoms with Crippen LogP contribution in [0.1, 0.15) is 31.7 Å². The van der Waals surface area contributed by atoms with Gasteiger partial charge >= 0.3 is 0 Å². The number of hydrogen-bond donors (Lipinski definition) is 1. The minimum atomic E-state index is 0.00845. The van der Waals surface area contributed by atoms with Gasteiger partial charge < -0.3 is 19.7 Å². The van der Waals surface area contributed by atoms with Crippen LogP contribution in [0.3, 0.4) is 0 Å².